The zero-order chi connectivity index (χ0) is 23.1. The minimum absolute atomic E-state index is 0.0986. The average Bonchev–Trinajstić information content (AvgIpc) is 2.83. The number of benzene rings is 3. The highest BCUT2D eigenvalue weighted by molar-refractivity contribution is 5.79. The van der Waals surface area contributed by atoms with Gasteiger partial charge in [-0.1, -0.05) is 123 Å². The molecule has 3 aromatic rings. The molecule has 0 atom stereocenters. The first-order valence-corrected chi connectivity index (χ1v) is 11.2. The van der Waals surface area contributed by atoms with E-state index in [0.717, 1.165) is 17.6 Å². The Hall–Kier alpha value is -2.90. The van der Waals surface area contributed by atoms with Gasteiger partial charge in [0.25, 0.3) is 0 Å². The van der Waals surface area contributed by atoms with Crippen molar-refractivity contribution in [2.45, 2.75) is 48.0 Å². The minimum Gasteiger partial charge on any atom is -0.392 e. The maximum atomic E-state index is 9.37. The number of aryl methyl sites for hydroxylation is 2. The van der Waals surface area contributed by atoms with Gasteiger partial charge in [0.05, 0.1) is 6.61 Å². The zero-order valence-corrected chi connectivity index (χ0v) is 20.0. The molecular weight excluding hydrogens is 376 g/mol. The normalized spacial score (nSPS) is 11.1. The van der Waals surface area contributed by atoms with Crippen molar-refractivity contribution < 1.29 is 5.11 Å². The molecule has 31 heavy (non-hydrogen) atoms. The first-order chi connectivity index (χ1) is 15.1. The molecule has 3 rings (SSSR count). The summed E-state index contributed by atoms with van der Waals surface area (Å²) in [7, 11) is 0. The van der Waals surface area contributed by atoms with Gasteiger partial charge in [-0.05, 0) is 55.0 Å². The fourth-order valence-electron chi connectivity index (χ4n) is 3.15. The summed E-state index contributed by atoms with van der Waals surface area (Å²) >= 11 is 0. The fourth-order valence-corrected chi connectivity index (χ4v) is 3.15. The van der Waals surface area contributed by atoms with E-state index in [1.54, 1.807) is 0 Å². The van der Waals surface area contributed by atoms with E-state index in [1.807, 2.05) is 26.8 Å². The molecule has 0 saturated heterocycles. The molecule has 0 aliphatic heterocycles. The van der Waals surface area contributed by atoms with Crippen molar-refractivity contribution in [2.75, 3.05) is 6.61 Å². The van der Waals surface area contributed by atoms with Gasteiger partial charge < -0.3 is 5.11 Å². The van der Waals surface area contributed by atoms with E-state index in [0.29, 0.717) is 0 Å². The van der Waals surface area contributed by atoms with E-state index in [9.17, 15) is 5.11 Å². The molecule has 0 amide bonds. The second-order valence-corrected chi connectivity index (χ2v) is 7.10. The maximum Gasteiger partial charge on any atom is 0.0684 e. The molecule has 0 aliphatic rings. The summed E-state index contributed by atoms with van der Waals surface area (Å²) in [5.41, 5.74) is 8.43. The van der Waals surface area contributed by atoms with Crippen molar-refractivity contribution in [1.82, 2.24) is 0 Å². The summed E-state index contributed by atoms with van der Waals surface area (Å²) in [6.45, 7) is 12.4. The van der Waals surface area contributed by atoms with E-state index in [2.05, 4.69) is 106 Å². The lowest BCUT2D eigenvalue weighted by Crippen LogP contribution is -1.95. The number of hydrogen-bond acceptors (Lipinski definition) is 1. The molecule has 0 radical (unpaired) electrons. The van der Waals surface area contributed by atoms with Gasteiger partial charge in [0, 0.05) is 0 Å². The number of hydrogen-bond donors (Lipinski definition) is 1. The molecule has 164 valence electrons. The van der Waals surface area contributed by atoms with Crippen molar-refractivity contribution in [3.8, 4) is 11.1 Å². The van der Waals surface area contributed by atoms with Crippen LogP contribution in [0.15, 0.2) is 96.6 Å². The molecule has 0 fully saturated rings. The van der Waals surface area contributed by atoms with Gasteiger partial charge in [0.1, 0.15) is 0 Å². The number of rotatable bonds is 5. The summed E-state index contributed by atoms with van der Waals surface area (Å²) < 4.78 is 0. The van der Waals surface area contributed by atoms with Crippen LogP contribution in [-0.2, 0) is 0 Å². The molecule has 0 aliphatic carbocycles. The van der Waals surface area contributed by atoms with Crippen LogP contribution >= 0.6 is 0 Å². The summed E-state index contributed by atoms with van der Waals surface area (Å²) in [6, 6.07) is 27.4. The third-order valence-electron chi connectivity index (χ3n) is 4.78. The van der Waals surface area contributed by atoms with Crippen LogP contribution < -0.4 is 0 Å². The SMILES string of the molecule is C/C=C(\C(=C/CC)CO)c1ccc(C)cc1.CC.Cc1ccc(-c2ccccc2)cc1. The molecule has 3 aromatic carbocycles. The Morgan fingerprint density at radius 3 is 1.68 bits per heavy atom. The Balaban J connectivity index is 0.000000291. The molecule has 0 spiro atoms. The number of allylic oxidation sites excluding steroid dienone is 2. The van der Waals surface area contributed by atoms with Gasteiger partial charge in [-0.2, -0.15) is 0 Å². The van der Waals surface area contributed by atoms with Crippen LogP contribution in [0.3, 0.4) is 0 Å². The number of aliphatic hydroxyl groups excluding tert-OH is 1. The van der Waals surface area contributed by atoms with E-state index in [4.69, 9.17) is 0 Å². The summed E-state index contributed by atoms with van der Waals surface area (Å²) in [4.78, 5) is 0. The topological polar surface area (TPSA) is 20.2 Å². The Labute approximate surface area is 189 Å². The van der Waals surface area contributed by atoms with E-state index in [1.165, 1.54) is 27.8 Å². The van der Waals surface area contributed by atoms with Gasteiger partial charge in [-0.25, -0.2) is 0 Å². The zero-order valence-electron chi connectivity index (χ0n) is 20.0. The van der Waals surface area contributed by atoms with Crippen LogP contribution in [-0.4, -0.2) is 11.7 Å². The number of aliphatic hydroxyl groups is 1. The first kappa shape index (κ1) is 26.1. The molecule has 0 unspecified atom stereocenters. The van der Waals surface area contributed by atoms with E-state index >= 15 is 0 Å². The van der Waals surface area contributed by atoms with Crippen LogP contribution in [0.1, 0.15) is 50.8 Å². The highest BCUT2D eigenvalue weighted by atomic mass is 16.3. The molecule has 0 saturated carbocycles. The third-order valence-corrected chi connectivity index (χ3v) is 4.78. The summed E-state index contributed by atoms with van der Waals surface area (Å²) in [6.07, 6.45) is 5.08. The Morgan fingerprint density at radius 1 is 0.742 bits per heavy atom. The van der Waals surface area contributed by atoms with E-state index in [-0.39, 0.29) is 6.61 Å². The molecule has 0 bridgehead atoms. The lowest BCUT2D eigenvalue weighted by Gasteiger charge is -2.10. The average molecular weight is 415 g/mol. The van der Waals surface area contributed by atoms with Crippen molar-refractivity contribution in [2.24, 2.45) is 0 Å². The van der Waals surface area contributed by atoms with Crippen LogP contribution in [0.4, 0.5) is 0 Å². The van der Waals surface area contributed by atoms with Crippen LogP contribution in [0.5, 0.6) is 0 Å². The van der Waals surface area contributed by atoms with Gasteiger partial charge >= 0.3 is 0 Å². The molecule has 1 heteroatoms. The fraction of sp³-hybridized carbons (Fsp3) is 0.267. The van der Waals surface area contributed by atoms with E-state index < -0.39 is 0 Å². The molecular formula is C30H38O. The van der Waals surface area contributed by atoms with Crippen LogP contribution in [0.25, 0.3) is 16.7 Å². The maximum absolute atomic E-state index is 9.37. The first-order valence-electron chi connectivity index (χ1n) is 11.2. The standard InChI is InChI=1S/C15H20O.C13H12.C2H6/c1-4-6-14(11-16)15(5-2)13-9-7-12(3)8-10-13;1-11-7-9-13(10-8-11)12-5-3-2-4-6-12;1-2/h5-10,16H,4,11H2,1-3H3;2-10H,1H3;1-2H3/b14-6-,15-5-;;. The quantitative estimate of drug-likeness (QED) is 0.415. The van der Waals surface area contributed by atoms with Gasteiger partial charge in [0.2, 0.25) is 0 Å². The minimum atomic E-state index is 0.0986. The monoisotopic (exact) mass is 414 g/mol. The Kier molecular flexibility index (Phi) is 12.6. The molecule has 1 N–H and O–H groups in total. The predicted octanol–water partition coefficient (Wildman–Crippen LogP) is 8.42. The Bertz CT molecular complexity index is 914. The lowest BCUT2D eigenvalue weighted by molar-refractivity contribution is 0.335. The predicted molar refractivity (Wildman–Crippen MR) is 138 cm³/mol. The van der Waals surface area contributed by atoms with Gasteiger partial charge in [0.15, 0.2) is 0 Å². The lowest BCUT2D eigenvalue weighted by atomic mass is 9.96. The van der Waals surface area contributed by atoms with Crippen LogP contribution in [0, 0.1) is 13.8 Å². The van der Waals surface area contributed by atoms with Gasteiger partial charge in [-0.15, -0.1) is 0 Å². The summed E-state index contributed by atoms with van der Waals surface area (Å²) in [5, 5.41) is 9.37. The van der Waals surface area contributed by atoms with Crippen molar-refractivity contribution >= 4 is 5.57 Å². The largest absolute Gasteiger partial charge is 0.392 e. The molecule has 0 aromatic heterocycles. The molecule has 0 heterocycles. The van der Waals surface area contributed by atoms with Crippen molar-refractivity contribution in [1.29, 1.82) is 0 Å². The summed E-state index contributed by atoms with van der Waals surface area (Å²) in [5.74, 6) is 0. The van der Waals surface area contributed by atoms with Crippen LogP contribution in [0.2, 0.25) is 0 Å². The molecule has 1 nitrogen and oxygen atoms in total. The highest BCUT2D eigenvalue weighted by Crippen LogP contribution is 2.23. The van der Waals surface area contributed by atoms with Crippen molar-refractivity contribution in [3.05, 3.63) is 113 Å². The highest BCUT2D eigenvalue weighted by Gasteiger charge is 2.05. The third kappa shape index (κ3) is 8.78. The second-order valence-electron chi connectivity index (χ2n) is 7.10. The Morgan fingerprint density at radius 2 is 1.23 bits per heavy atom. The van der Waals surface area contributed by atoms with Crippen molar-refractivity contribution in [3.63, 3.8) is 0 Å². The van der Waals surface area contributed by atoms with Gasteiger partial charge in [-0.3, -0.25) is 0 Å². The smallest absolute Gasteiger partial charge is 0.0684 e. The second kappa shape index (κ2) is 15.0.